The van der Waals surface area contributed by atoms with Gasteiger partial charge in [-0.1, -0.05) is 12.1 Å². The number of fused-ring (bicyclic) bond motifs is 3. The lowest BCUT2D eigenvalue weighted by Gasteiger charge is -2.44. The standard InChI is InChI=1S/C26H21F3N4O4/c27-26(28,29)18-2-1-3-19(9-18)37-21-5-4-16(8-17(21)12-30)14-35-22-10-23-32(24(34)31-22)7-6-25-11-20(36-15-25)13-33(23)25/h1-5,8-10,20H,6-7,11,13-15H2/t20-,25-/m1/s1. The van der Waals surface area contributed by atoms with E-state index in [2.05, 4.69) is 9.88 Å². The van der Waals surface area contributed by atoms with Gasteiger partial charge in [0.15, 0.2) is 0 Å². The lowest BCUT2D eigenvalue weighted by molar-refractivity contribution is -0.137. The fourth-order valence-corrected chi connectivity index (χ4v) is 5.33. The normalized spacial score (nSPS) is 21.8. The van der Waals surface area contributed by atoms with E-state index in [1.165, 1.54) is 24.3 Å². The van der Waals surface area contributed by atoms with E-state index in [-0.39, 0.29) is 46.9 Å². The predicted octanol–water partition coefficient (Wildman–Crippen LogP) is 4.26. The van der Waals surface area contributed by atoms with Crippen molar-refractivity contribution < 1.29 is 27.4 Å². The van der Waals surface area contributed by atoms with Crippen molar-refractivity contribution >= 4 is 5.82 Å². The van der Waals surface area contributed by atoms with Gasteiger partial charge in [0.25, 0.3) is 0 Å². The molecule has 1 spiro atoms. The Bertz CT molecular complexity index is 1480. The van der Waals surface area contributed by atoms with Gasteiger partial charge >= 0.3 is 11.9 Å². The summed E-state index contributed by atoms with van der Waals surface area (Å²) in [6.45, 7) is 1.98. The van der Waals surface area contributed by atoms with Gasteiger partial charge in [-0.2, -0.15) is 23.4 Å². The average Bonchev–Trinajstić information content (AvgIpc) is 3.46. The average molecular weight is 510 g/mol. The summed E-state index contributed by atoms with van der Waals surface area (Å²) in [5, 5.41) is 9.57. The van der Waals surface area contributed by atoms with Crippen LogP contribution in [0, 0.1) is 11.3 Å². The van der Waals surface area contributed by atoms with Gasteiger partial charge in [0.2, 0.25) is 5.88 Å². The minimum atomic E-state index is -4.51. The van der Waals surface area contributed by atoms with Crippen molar-refractivity contribution in [2.75, 3.05) is 18.1 Å². The summed E-state index contributed by atoms with van der Waals surface area (Å²) in [7, 11) is 0. The van der Waals surface area contributed by atoms with Crippen LogP contribution in [-0.2, 0) is 24.1 Å². The highest BCUT2D eigenvalue weighted by Crippen LogP contribution is 2.46. The van der Waals surface area contributed by atoms with Crippen LogP contribution >= 0.6 is 0 Å². The molecule has 2 fully saturated rings. The second-order valence-electron chi connectivity index (χ2n) is 9.47. The molecular formula is C26H21F3N4O4. The van der Waals surface area contributed by atoms with Crippen LogP contribution in [0.25, 0.3) is 0 Å². The molecule has 0 radical (unpaired) electrons. The molecule has 11 heteroatoms. The summed E-state index contributed by atoms with van der Waals surface area (Å²) >= 11 is 0. The molecule has 3 aliphatic heterocycles. The number of benzene rings is 2. The molecule has 4 heterocycles. The van der Waals surface area contributed by atoms with Gasteiger partial charge in [-0.3, -0.25) is 4.57 Å². The monoisotopic (exact) mass is 510 g/mol. The molecule has 0 unspecified atom stereocenters. The third-order valence-corrected chi connectivity index (χ3v) is 7.14. The van der Waals surface area contributed by atoms with Gasteiger partial charge in [0.05, 0.1) is 29.4 Å². The Hall–Kier alpha value is -4.04. The maximum Gasteiger partial charge on any atom is 0.416 e. The Morgan fingerprint density at radius 2 is 2.08 bits per heavy atom. The van der Waals surface area contributed by atoms with E-state index in [4.69, 9.17) is 14.2 Å². The number of nitriles is 1. The molecule has 0 N–H and O–H groups in total. The fraction of sp³-hybridized carbons (Fsp3) is 0.346. The number of alkyl halides is 3. The van der Waals surface area contributed by atoms with E-state index in [1.807, 2.05) is 6.07 Å². The Labute approximate surface area is 209 Å². The van der Waals surface area contributed by atoms with Gasteiger partial charge in [-0.05, 0) is 42.3 Å². The molecule has 6 rings (SSSR count). The molecule has 2 aromatic carbocycles. The highest BCUT2D eigenvalue weighted by atomic mass is 19.4. The minimum absolute atomic E-state index is 0.0330. The molecule has 3 aromatic rings. The first-order chi connectivity index (χ1) is 17.7. The van der Waals surface area contributed by atoms with Crippen LogP contribution in [0.15, 0.2) is 53.3 Å². The summed E-state index contributed by atoms with van der Waals surface area (Å²) in [5.74, 6) is 1.04. The summed E-state index contributed by atoms with van der Waals surface area (Å²) < 4.78 is 57.8. The van der Waals surface area contributed by atoms with Crippen molar-refractivity contribution in [2.24, 2.45) is 0 Å². The van der Waals surface area contributed by atoms with E-state index in [1.54, 1.807) is 16.7 Å². The smallest absolute Gasteiger partial charge is 0.416 e. The number of morpholine rings is 1. The summed E-state index contributed by atoms with van der Waals surface area (Å²) in [6, 6.07) is 12.9. The zero-order chi connectivity index (χ0) is 25.8. The van der Waals surface area contributed by atoms with Gasteiger partial charge in [0, 0.05) is 25.6 Å². The van der Waals surface area contributed by atoms with E-state index in [0.29, 0.717) is 18.7 Å². The van der Waals surface area contributed by atoms with Crippen LogP contribution < -0.4 is 20.1 Å². The van der Waals surface area contributed by atoms with Crippen molar-refractivity contribution in [3.8, 4) is 23.4 Å². The van der Waals surface area contributed by atoms with E-state index < -0.39 is 11.7 Å². The zero-order valence-corrected chi connectivity index (χ0v) is 19.5. The molecule has 0 amide bonds. The number of hydrogen-bond donors (Lipinski definition) is 0. The molecule has 0 aliphatic carbocycles. The van der Waals surface area contributed by atoms with Crippen molar-refractivity contribution in [1.82, 2.24) is 9.55 Å². The number of nitrogens with zero attached hydrogens (tertiary/aromatic N) is 4. The first-order valence-corrected chi connectivity index (χ1v) is 11.8. The van der Waals surface area contributed by atoms with E-state index >= 15 is 0 Å². The van der Waals surface area contributed by atoms with Crippen molar-refractivity contribution in [2.45, 2.75) is 43.8 Å². The summed E-state index contributed by atoms with van der Waals surface area (Å²) in [6.07, 6.45) is -2.55. The van der Waals surface area contributed by atoms with Gasteiger partial charge < -0.3 is 19.1 Å². The lowest BCUT2D eigenvalue weighted by Crippen LogP contribution is -2.54. The molecule has 2 atom stereocenters. The Balaban J connectivity index is 1.19. The maximum atomic E-state index is 13.0. The number of anilines is 1. The lowest BCUT2D eigenvalue weighted by atomic mass is 9.92. The third-order valence-electron chi connectivity index (χ3n) is 7.14. The number of aromatic nitrogens is 2. The van der Waals surface area contributed by atoms with Gasteiger partial charge in [-0.25, -0.2) is 4.79 Å². The summed E-state index contributed by atoms with van der Waals surface area (Å²) in [5.41, 5.74) is -0.562. The zero-order valence-electron chi connectivity index (χ0n) is 19.5. The van der Waals surface area contributed by atoms with Crippen LogP contribution in [-0.4, -0.2) is 34.3 Å². The van der Waals surface area contributed by atoms with E-state index in [9.17, 15) is 23.2 Å². The summed E-state index contributed by atoms with van der Waals surface area (Å²) in [4.78, 5) is 19.0. The molecule has 2 saturated heterocycles. The highest BCUT2D eigenvalue weighted by Gasteiger charge is 2.54. The fourth-order valence-electron chi connectivity index (χ4n) is 5.33. The predicted molar refractivity (Wildman–Crippen MR) is 125 cm³/mol. The van der Waals surface area contributed by atoms with Crippen molar-refractivity contribution in [3.05, 3.63) is 75.7 Å². The quantitative estimate of drug-likeness (QED) is 0.507. The topological polar surface area (TPSA) is 89.6 Å². The first kappa shape index (κ1) is 23.4. The molecule has 8 nitrogen and oxygen atoms in total. The molecule has 2 bridgehead atoms. The second-order valence-corrected chi connectivity index (χ2v) is 9.47. The van der Waals surface area contributed by atoms with Crippen LogP contribution in [0.4, 0.5) is 19.0 Å². The molecule has 190 valence electrons. The molecule has 0 saturated carbocycles. The largest absolute Gasteiger partial charge is 0.473 e. The molecule has 3 aliphatic rings. The Morgan fingerprint density at radius 1 is 1.22 bits per heavy atom. The minimum Gasteiger partial charge on any atom is -0.473 e. The molecule has 1 aromatic heterocycles. The molecular weight excluding hydrogens is 489 g/mol. The van der Waals surface area contributed by atoms with Gasteiger partial charge in [0.1, 0.15) is 30.0 Å². The maximum absolute atomic E-state index is 13.0. The van der Waals surface area contributed by atoms with Crippen molar-refractivity contribution in [1.29, 1.82) is 5.26 Å². The Morgan fingerprint density at radius 3 is 2.86 bits per heavy atom. The number of hydrogen-bond acceptors (Lipinski definition) is 7. The molecule has 37 heavy (non-hydrogen) atoms. The number of rotatable bonds is 5. The Kier molecular flexibility index (Phi) is 5.38. The van der Waals surface area contributed by atoms with Crippen LogP contribution in [0.3, 0.4) is 0 Å². The van der Waals surface area contributed by atoms with Crippen LogP contribution in [0.1, 0.15) is 29.5 Å². The number of ether oxygens (including phenoxy) is 3. The number of halogens is 3. The van der Waals surface area contributed by atoms with Crippen molar-refractivity contribution in [3.63, 3.8) is 0 Å². The first-order valence-electron chi connectivity index (χ1n) is 11.8. The third kappa shape index (κ3) is 4.17. The van der Waals surface area contributed by atoms with Crippen LogP contribution in [0.5, 0.6) is 17.4 Å². The second kappa shape index (κ2) is 8.52. The van der Waals surface area contributed by atoms with Crippen LogP contribution in [0.2, 0.25) is 0 Å². The van der Waals surface area contributed by atoms with Gasteiger partial charge in [-0.15, -0.1) is 0 Å². The van der Waals surface area contributed by atoms with E-state index in [0.717, 1.165) is 37.3 Å². The SMILES string of the molecule is N#Cc1cc(COc2cc3n(c(=O)n2)CC[C@@]24CO[C@@H](CN32)C4)ccc1Oc1cccc(C(F)(F)F)c1. The highest BCUT2D eigenvalue weighted by molar-refractivity contribution is 5.51.